The van der Waals surface area contributed by atoms with E-state index in [4.69, 9.17) is 9.84 Å². The summed E-state index contributed by atoms with van der Waals surface area (Å²) < 4.78 is 5.26. The number of nitrogens with one attached hydrogen (secondary N) is 1. The Morgan fingerprint density at radius 3 is 2.64 bits per heavy atom. The zero-order valence-electron chi connectivity index (χ0n) is 7.99. The minimum absolute atomic E-state index is 0.0521. The van der Waals surface area contributed by atoms with Crippen molar-refractivity contribution in [2.75, 3.05) is 13.7 Å². The first-order chi connectivity index (χ1) is 6.72. The minimum Gasteiger partial charge on any atom is -0.508 e. The molecule has 0 unspecified atom stereocenters. The molecule has 4 heteroatoms. The lowest BCUT2D eigenvalue weighted by atomic mass is 10.3. The SMILES string of the molecule is CNC(=O)CCOc1ccc(O)cc1. The standard InChI is InChI=1S/C10H13NO3/c1-11-10(13)6-7-14-9-4-2-8(12)3-5-9/h2-5,12H,6-7H2,1H3,(H,11,13). The van der Waals surface area contributed by atoms with Gasteiger partial charge < -0.3 is 15.2 Å². The number of rotatable bonds is 4. The highest BCUT2D eigenvalue weighted by molar-refractivity contribution is 5.75. The summed E-state index contributed by atoms with van der Waals surface area (Å²) in [6.45, 7) is 0.338. The third-order valence-electron chi connectivity index (χ3n) is 1.71. The Hall–Kier alpha value is -1.71. The zero-order chi connectivity index (χ0) is 10.4. The third-order valence-corrected chi connectivity index (χ3v) is 1.71. The van der Waals surface area contributed by atoms with Crippen molar-refractivity contribution in [2.24, 2.45) is 0 Å². The van der Waals surface area contributed by atoms with E-state index in [1.807, 2.05) is 0 Å². The number of amides is 1. The molecule has 2 N–H and O–H groups in total. The maximum Gasteiger partial charge on any atom is 0.223 e. The van der Waals surface area contributed by atoms with E-state index in [2.05, 4.69) is 5.32 Å². The summed E-state index contributed by atoms with van der Waals surface area (Å²) in [6.07, 6.45) is 0.331. The van der Waals surface area contributed by atoms with Crippen molar-refractivity contribution in [3.05, 3.63) is 24.3 Å². The van der Waals surface area contributed by atoms with Crippen LogP contribution >= 0.6 is 0 Å². The van der Waals surface area contributed by atoms with E-state index in [0.717, 1.165) is 0 Å². The smallest absolute Gasteiger partial charge is 0.223 e. The fraction of sp³-hybridized carbons (Fsp3) is 0.300. The van der Waals surface area contributed by atoms with Crippen LogP contribution in [0.25, 0.3) is 0 Å². The third kappa shape index (κ3) is 3.35. The number of phenolic OH excluding ortho intramolecular Hbond substituents is 1. The Bertz CT molecular complexity index is 295. The second-order valence-corrected chi connectivity index (χ2v) is 2.77. The molecule has 0 aliphatic rings. The molecule has 4 nitrogen and oxygen atoms in total. The maximum absolute atomic E-state index is 10.8. The van der Waals surface area contributed by atoms with Gasteiger partial charge in [-0.3, -0.25) is 4.79 Å². The highest BCUT2D eigenvalue weighted by atomic mass is 16.5. The van der Waals surface area contributed by atoms with E-state index in [-0.39, 0.29) is 11.7 Å². The lowest BCUT2D eigenvalue weighted by Gasteiger charge is -2.04. The topological polar surface area (TPSA) is 58.6 Å². The Balaban J connectivity index is 2.31. The van der Waals surface area contributed by atoms with Crippen LogP contribution in [0.3, 0.4) is 0 Å². The van der Waals surface area contributed by atoms with Gasteiger partial charge in [0.05, 0.1) is 13.0 Å². The van der Waals surface area contributed by atoms with Gasteiger partial charge in [-0.2, -0.15) is 0 Å². The summed E-state index contributed by atoms with van der Waals surface area (Å²) in [5, 5.41) is 11.5. The van der Waals surface area contributed by atoms with Crippen molar-refractivity contribution < 1.29 is 14.6 Å². The van der Waals surface area contributed by atoms with Gasteiger partial charge in [0.25, 0.3) is 0 Å². The minimum atomic E-state index is -0.0521. The van der Waals surface area contributed by atoms with Crippen molar-refractivity contribution >= 4 is 5.91 Å². The Morgan fingerprint density at radius 2 is 2.07 bits per heavy atom. The van der Waals surface area contributed by atoms with Gasteiger partial charge in [0.15, 0.2) is 0 Å². The monoisotopic (exact) mass is 195 g/mol. The van der Waals surface area contributed by atoms with E-state index in [1.54, 1.807) is 19.2 Å². The Labute approximate surface area is 82.5 Å². The first kappa shape index (κ1) is 10.4. The lowest BCUT2D eigenvalue weighted by molar-refractivity contribution is -0.121. The van der Waals surface area contributed by atoms with Gasteiger partial charge in [-0.1, -0.05) is 0 Å². The average molecular weight is 195 g/mol. The number of ether oxygens (including phenoxy) is 1. The summed E-state index contributed by atoms with van der Waals surface area (Å²) in [4.78, 5) is 10.8. The van der Waals surface area contributed by atoms with Gasteiger partial charge in [0.2, 0.25) is 5.91 Å². The van der Waals surface area contributed by atoms with Crippen molar-refractivity contribution in [3.63, 3.8) is 0 Å². The summed E-state index contributed by atoms with van der Waals surface area (Å²) in [5.74, 6) is 0.791. The molecule has 0 atom stereocenters. The van der Waals surface area contributed by atoms with Crippen molar-refractivity contribution in [2.45, 2.75) is 6.42 Å². The summed E-state index contributed by atoms with van der Waals surface area (Å²) >= 11 is 0. The van der Waals surface area contributed by atoms with Gasteiger partial charge in [0, 0.05) is 7.05 Å². The Morgan fingerprint density at radius 1 is 1.43 bits per heavy atom. The first-order valence-electron chi connectivity index (χ1n) is 4.35. The molecular formula is C10H13NO3. The fourth-order valence-corrected chi connectivity index (χ4v) is 0.929. The highest BCUT2D eigenvalue weighted by Gasteiger charge is 1.98. The molecule has 0 aliphatic heterocycles. The van der Waals surface area contributed by atoms with Gasteiger partial charge in [-0.25, -0.2) is 0 Å². The molecule has 1 aromatic carbocycles. The Kier molecular flexibility index (Phi) is 3.79. The molecule has 0 bridgehead atoms. The summed E-state index contributed by atoms with van der Waals surface area (Å²) in [5.41, 5.74) is 0. The number of phenols is 1. The van der Waals surface area contributed by atoms with Crippen LogP contribution in [0.15, 0.2) is 24.3 Å². The molecule has 0 saturated heterocycles. The molecule has 1 rings (SSSR count). The molecular weight excluding hydrogens is 182 g/mol. The summed E-state index contributed by atoms with van der Waals surface area (Å²) in [7, 11) is 1.59. The number of hydrogen-bond donors (Lipinski definition) is 2. The molecule has 0 fully saturated rings. The number of carbonyl (C=O) groups is 1. The predicted octanol–water partition coefficient (Wildman–Crippen LogP) is 0.907. The van der Waals surface area contributed by atoms with Gasteiger partial charge in [0.1, 0.15) is 11.5 Å². The molecule has 0 saturated carbocycles. The number of aromatic hydroxyl groups is 1. The quantitative estimate of drug-likeness (QED) is 0.750. The molecule has 0 heterocycles. The van der Waals surface area contributed by atoms with E-state index in [0.29, 0.717) is 18.8 Å². The molecule has 0 spiro atoms. The molecule has 14 heavy (non-hydrogen) atoms. The second kappa shape index (κ2) is 5.11. The first-order valence-corrected chi connectivity index (χ1v) is 4.35. The normalized spacial score (nSPS) is 9.50. The van der Waals surface area contributed by atoms with Crippen LogP contribution in [-0.4, -0.2) is 24.7 Å². The zero-order valence-corrected chi connectivity index (χ0v) is 7.99. The van der Waals surface area contributed by atoms with Crippen LogP contribution in [0, 0.1) is 0 Å². The fourth-order valence-electron chi connectivity index (χ4n) is 0.929. The van der Waals surface area contributed by atoms with Gasteiger partial charge in [-0.05, 0) is 24.3 Å². The predicted molar refractivity (Wildman–Crippen MR) is 52.3 cm³/mol. The van der Waals surface area contributed by atoms with Crippen molar-refractivity contribution in [3.8, 4) is 11.5 Å². The molecule has 76 valence electrons. The van der Waals surface area contributed by atoms with Crippen LogP contribution in [0.4, 0.5) is 0 Å². The maximum atomic E-state index is 10.8. The van der Waals surface area contributed by atoms with E-state index in [1.165, 1.54) is 12.1 Å². The van der Waals surface area contributed by atoms with E-state index < -0.39 is 0 Å². The largest absolute Gasteiger partial charge is 0.508 e. The van der Waals surface area contributed by atoms with E-state index >= 15 is 0 Å². The van der Waals surface area contributed by atoms with Crippen molar-refractivity contribution in [1.29, 1.82) is 0 Å². The molecule has 1 amide bonds. The van der Waals surface area contributed by atoms with Crippen LogP contribution < -0.4 is 10.1 Å². The highest BCUT2D eigenvalue weighted by Crippen LogP contribution is 2.15. The molecule has 0 aromatic heterocycles. The molecule has 0 radical (unpaired) electrons. The van der Waals surface area contributed by atoms with Crippen LogP contribution in [-0.2, 0) is 4.79 Å². The molecule has 1 aromatic rings. The van der Waals surface area contributed by atoms with Gasteiger partial charge >= 0.3 is 0 Å². The van der Waals surface area contributed by atoms with Crippen molar-refractivity contribution in [1.82, 2.24) is 5.32 Å². The van der Waals surface area contributed by atoms with E-state index in [9.17, 15) is 4.79 Å². The molecule has 0 aliphatic carbocycles. The second-order valence-electron chi connectivity index (χ2n) is 2.77. The summed E-state index contributed by atoms with van der Waals surface area (Å²) in [6, 6.07) is 6.38. The van der Waals surface area contributed by atoms with Crippen LogP contribution in [0.5, 0.6) is 11.5 Å². The number of carbonyl (C=O) groups excluding carboxylic acids is 1. The average Bonchev–Trinajstić information content (AvgIpc) is 2.21. The van der Waals surface area contributed by atoms with Gasteiger partial charge in [-0.15, -0.1) is 0 Å². The lowest BCUT2D eigenvalue weighted by Crippen LogP contribution is -2.20. The number of hydrogen-bond acceptors (Lipinski definition) is 3. The number of benzene rings is 1. The van der Waals surface area contributed by atoms with Crippen LogP contribution in [0.1, 0.15) is 6.42 Å². The van der Waals surface area contributed by atoms with Crippen LogP contribution in [0.2, 0.25) is 0 Å².